The van der Waals surface area contributed by atoms with Crippen molar-refractivity contribution < 1.29 is 0 Å². The van der Waals surface area contributed by atoms with E-state index in [-0.39, 0.29) is 0 Å². The minimum Gasteiger partial charge on any atom is -0.384 e. The zero-order valence-electron chi connectivity index (χ0n) is 11.4. The number of nitrogens with zero attached hydrogens (tertiary/aromatic N) is 1. The maximum atomic E-state index is 3.54. The number of hydrogen-bond acceptors (Lipinski definition) is 2. The molecule has 1 aliphatic heterocycles. The predicted molar refractivity (Wildman–Crippen MR) is 77.2 cm³/mol. The highest BCUT2D eigenvalue weighted by Gasteiger charge is 2.32. The highest BCUT2D eigenvalue weighted by atomic mass is 15.2. The van der Waals surface area contributed by atoms with E-state index in [0.717, 1.165) is 12.6 Å². The zero-order chi connectivity index (χ0) is 12.4. The van der Waals surface area contributed by atoms with Crippen molar-refractivity contribution in [2.24, 2.45) is 0 Å². The summed E-state index contributed by atoms with van der Waals surface area (Å²) in [5.74, 6) is 0.693. The normalized spacial score (nSPS) is 22.0. The molecule has 0 spiro atoms. The number of unbranched alkanes of at least 4 members (excludes halogenated alkanes) is 1. The molecular weight excluding hydrogens is 220 g/mol. The molecule has 1 N–H and O–H groups in total. The summed E-state index contributed by atoms with van der Waals surface area (Å²) < 4.78 is 0. The lowest BCUT2D eigenvalue weighted by molar-refractivity contribution is 0.247. The van der Waals surface area contributed by atoms with Crippen LogP contribution in [0.3, 0.4) is 0 Å². The monoisotopic (exact) mass is 244 g/mol. The van der Waals surface area contributed by atoms with E-state index < -0.39 is 0 Å². The largest absolute Gasteiger partial charge is 0.384 e. The molecule has 1 aliphatic carbocycles. The van der Waals surface area contributed by atoms with Gasteiger partial charge in [0.05, 0.1) is 0 Å². The van der Waals surface area contributed by atoms with E-state index in [9.17, 15) is 0 Å². The van der Waals surface area contributed by atoms with Crippen molar-refractivity contribution in [2.75, 3.05) is 25.0 Å². The van der Waals surface area contributed by atoms with E-state index in [2.05, 4.69) is 41.4 Å². The van der Waals surface area contributed by atoms with Crippen molar-refractivity contribution in [3.63, 3.8) is 0 Å². The second kappa shape index (κ2) is 5.31. The van der Waals surface area contributed by atoms with Crippen molar-refractivity contribution in [3.8, 4) is 0 Å². The summed E-state index contributed by atoms with van der Waals surface area (Å²) in [5, 5.41) is 3.54. The fourth-order valence-corrected chi connectivity index (χ4v) is 3.03. The molecule has 1 saturated carbocycles. The topological polar surface area (TPSA) is 15.3 Å². The molecule has 2 nitrogen and oxygen atoms in total. The molecule has 0 bridgehead atoms. The summed E-state index contributed by atoms with van der Waals surface area (Å²) in [7, 11) is 0. The molecule has 1 unspecified atom stereocenters. The first-order chi connectivity index (χ1) is 8.88. The van der Waals surface area contributed by atoms with Gasteiger partial charge in [-0.3, -0.25) is 4.90 Å². The van der Waals surface area contributed by atoms with Gasteiger partial charge in [-0.2, -0.15) is 0 Å². The van der Waals surface area contributed by atoms with Crippen LogP contribution < -0.4 is 5.32 Å². The Morgan fingerprint density at radius 2 is 2.11 bits per heavy atom. The minimum absolute atomic E-state index is 0.693. The van der Waals surface area contributed by atoms with Crippen LogP contribution in [0.1, 0.15) is 44.1 Å². The number of para-hydroxylation sites is 1. The molecule has 1 aromatic rings. The van der Waals surface area contributed by atoms with Crippen LogP contribution in [0.4, 0.5) is 5.69 Å². The number of rotatable bonds is 6. The van der Waals surface area contributed by atoms with Gasteiger partial charge in [-0.05, 0) is 37.4 Å². The molecule has 2 heteroatoms. The van der Waals surface area contributed by atoms with Gasteiger partial charge in [0.2, 0.25) is 0 Å². The predicted octanol–water partition coefficient (Wildman–Crippen LogP) is 3.46. The van der Waals surface area contributed by atoms with Crippen LogP contribution in [0.5, 0.6) is 0 Å². The molecule has 0 saturated heterocycles. The molecule has 0 amide bonds. The summed E-state index contributed by atoms with van der Waals surface area (Å²) in [6, 6.07) is 9.70. The fourth-order valence-electron chi connectivity index (χ4n) is 3.03. The molecule has 1 fully saturated rings. The zero-order valence-corrected chi connectivity index (χ0v) is 11.4. The summed E-state index contributed by atoms with van der Waals surface area (Å²) in [6.07, 6.45) is 5.50. The van der Waals surface area contributed by atoms with Crippen molar-refractivity contribution in [1.82, 2.24) is 4.90 Å². The van der Waals surface area contributed by atoms with Gasteiger partial charge >= 0.3 is 0 Å². The van der Waals surface area contributed by atoms with Gasteiger partial charge < -0.3 is 5.32 Å². The number of fused-ring (bicyclic) bond motifs is 1. The van der Waals surface area contributed by atoms with Gasteiger partial charge in [0, 0.05) is 30.7 Å². The number of anilines is 1. The van der Waals surface area contributed by atoms with E-state index in [1.165, 1.54) is 50.0 Å². The Labute approximate surface area is 110 Å². The molecule has 18 heavy (non-hydrogen) atoms. The van der Waals surface area contributed by atoms with Gasteiger partial charge in [0.1, 0.15) is 0 Å². The van der Waals surface area contributed by atoms with Crippen LogP contribution in [-0.4, -0.2) is 30.6 Å². The van der Waals surface area contributed by atoms with Gasteiger partial charge in [-0.1, -0.05) is 31.5 Å². The molecule has 1 aromatic carbocycles. The quantitative estimate of drug-likeness (QED) is 0.824. The van der Waals surface area contributed by atoms with E-state index >= 15 is 0 Å². The average Bonchev–Trinajstić information content (AvgIpc) is 3.17. The Morgan fingerprint density at radius 1 is 1.28 bits per heavy atom. The molecule has 3 rings (SSSR count). The first-order valence-electron chi connectivity index (χ1n) is 7.45. The van der Waals surface area contributed by atoms with Crippen LogP contribution in [0, 0.1) is 0 Å². The van der Waals surface area contributed by atoms with Crippen LogP contribution in [0.25, 0.3) is 0 Å². The Balaban J connectivity index is 1.65. The lowest BCUT2D eigenvalue weighted by Gasteiger charge is -2.25. The third-order valence-corrected chi connectivity index (χ3v) is 4.26. The minimum atomic E-state index is 0.693. The first kappa shape index (κ1) is 12.0. The second-order valence-corrected chi connectivity index (χ2v) is 5.74. The van der Waals surface area contributed by atoms with Crippen LogP contribution in [0.2, 0.25) is 0 Å². The van der Waals surface area contributed by atoms with Gasteiger partial charge in [-0.15, -0.1) is 0 Å². The van der Waals surface area contributed by atoms with Gasteiger partial charge in [0.25, 0.3) is 0 Å². The fraction of sp³-hybridized carbons (Fsp3) is 0.625. The van der Waals surface area contributed by atoms with Gasteiger partial charge in [0.15, 0.2) is 0 Å². The molecular formula is C16H24N2. The molecule has 0 aromatic heterocycles. The summed E-state index contributed by atoms with van der Waals surface area (Å²) in [6.45, 7) is 5.95. The van der Waals surface area contributed by atoms with E-state index in [4.69, 9.17) is 0 Å². The van der Waals surface area contributed by atoms with Crippen molar-refractivity contribution in [2.45, 2.75) is 44.6 Å². The number of benzene rings is 1. The third-order valence-electron chi connectivity index (χ3n) is 4.26. The van der Waals surface area contributed by atoms with E-state index in [0.29, 0.717) is 5.92 Å². The molecule has 1 atom stereocenters. The SMILES string of the molecule is CCCCN(CC1CNc2ccccc21)C1CC1. The summed E-state index contributed by atoms with van der Waals surface area (Å²) in [4.78, 5) is 2.73. The smallest absolute Gasteiger partial charge is 0.0376 e. The lowest BCUT2D eigenvalue weighted by Crippen LogP contribution is -2.32. The summed E-state index contributed by atoms with van der Waals surface area (Å²) >= 11 is 0. The Bertz CT molecular complexity index is 398. The van der Waals surface area contributed by atoms with Crippen LogP contribution >= 0.6 is 0 Å². The Kier molecular flexibility index (Phi) is 3.55. The maximum Gasteiger partial charge on any atom is 0.0376 e. The number of nitrogens with one attached hydrogen (secondary N) is 1. The van der Waals surface area contributed by atoms with E-state index in [1.54, 1.807) is 0 Å². The second-order valence-electron chi connectivity index (χ2n) is 5.74. The van der Waals surface area contributed by atoms with Crippen molar-refractivity contribution >= 4 is 5.69 Å². The lowest BCUT2D eigenvalue weighted by atomic mass is 10.0. The third kappa shape index (κ3) is 2.54. The standard InChI is InChI=1S/C16H24N2/c1-2-3-10-18(14-8-9-14)12-13-11-17-16-7-5-4-6-15(13)16/h4-7,13-14,17H,2-3,8-12H2,1H3. The first-order valence-corrected chi connectivity index (χ1v) is 7.45. The Hall–Kier alpha value is -1.02. The molecule has 1 heterocycles. The Morgan fingerprint density at radius 3 is 2.89 bits per heavy atom. The molecule has 2 aliphatic rings. The van der Waals surface area contributed by atoms with Gasteiger partial charge in [-0.25, -0.2) is 0 Å². The molecule has 98 valence electrons. The maximum absolute atomic E-state index is 3.54. The highest BCUT2D eigenvalue weighted by Crippen LogP contribution is 2.34. The summed E-state index contributed by atoms with van der Waals surface area (Å²) in [5.41, 5.74) is 2.88. The van der Waals surface area contributed by atoms with Crippen molar-refractivity contribution in [1.29, 1.82) is 0 Å². The van der Waals surface area contributed by atoms with Crippen molar-refractivity contribution in [3.05, 3.63) is 29.8 Å². The van der Waals surface area contributed by atoms with E-state index in [1.807, 2.05) is 0 Å². The van der Waals surface area contributed by atoms with Crippen LogP contribution in [0.15, 0.2) is 24.3 Å². The molecule has 0 radical (unpaired) electrons. The average molecular weight is 244 g/mol. The number of hydrogen-bond donors (Lipinski definition) is 1. The van der Waals surface area contributed by atoms with Crippen LogP contribution in [-0.2, 0) is 0 Å². The highest BCUT2D eigenvalue weighted by molar-refractivity contribution is 5.57.